The van der Waals surface area contributed by atoms with Crippen LogP contribution in [0.15, 0.2) is 23.3 Å². The smallest absolute Gasteiger partial charge is 0.300 e. The Hall–Kier alpha value is -0.400. The molecule has 1 aliphatic rings. The zero-order chi connectivity index (χ0) is 10.3. The third-order valence-electron chi connectivity index (χ3n) is 1.71. The minimum absolute atomic E-state index is 0.209. The van der Waals surface area contributed by atoms with Gasteiger partial charge in [0.15, 0.2) is 0 Å². The molecule has 5 nitrogen and oxygen atoms in total. The summed E-state index contributed by atoms with van der Waals surface area (Å²) in [5.74, 6) is 0. The van der Waals surface area contributed by atoms with Crippen LogP contribution < -0.4 is 5.73 Å². The Kier molecular flexibility index (Phi) is 2.52. The summed E-state index contributed by atoms with van der Waals surface area (Å²) in [4.78, 5) is -2.48. The van der Waals surface area contributed by atoms with Crippen molar-refractivity contribution in [2.75, 3.05) is 0 Å². The van der Waals surface area contributed by atoms with Crippen molar-refractivity contribution in [3.8, 4) is 0 Å². The van der Waals surface area contributed by atoms with Gasteiger partial charge >= 0.3 is 10.1 Å². The van der Waals surface area contributed by atoms with Crippen molar-refractivity contribution in [1.82, 2.24) is 0 Å². The molecule has 0 saturated heterocycles. The molecule has 0 radical (unpaired) electrons. The van der Waals surface area contributed by atoms with Gasteiger partial charge in [-0.3, -0.25) is 4.55 Å². The van der Waals surface area contributed by atoms with Gasteiger partial charge in [-0.15, -0.1) is 0 Å². The molecule has 74 valence electrons. The molecule has 0 aliphatic heterocycles. The van der Waals surface area contributed by atoms with Crippen LogP contribution in [-0.2, 0) is 10.1 Å². The second kappa shape index (κ2) is 3.07. The zero-order valence-electron chi connectivity index (χ0n) is 6.38. The van der Waals surface area contributed by atoms with E-state index in [-0.39, 0.29) is 5.03 Å². The SMILES string of the molecule is NC1C=C(Cl)C=CC1(O)S(=O)(=O)O. The summed E-state index contributed by atoms with van der Waals surface area (Å²) in [6.45, 7) is 0. The van der Waals surface area contributed by atoms with E-state index in [2.05, 4.69) is 0 Å². The van der Waals surface area contributed by atoms with E-state index in [9.17, 15) is 13.5 Å². The van der Waals surface area contributed by atoms with Crippen molar-refractivity contribution < 1.29 is 18.1 Å². The molecule has 0 aromatic heterocycles. The number of hydrogen-bond acceptors (Lipinski definition) is 4. The lowest BCUT2D eigenvalue weighted by Gasteiger charge is -2.27. The molecule has 0 spiro atoms. The first kappa shape index (κ1) is 10.7. The van der Waals surface area contributed by atoms with Gasteiger partial charge in [-0.05, 0) is 18.2 Å². The average Bonchev–Trinajstić information content (AvgIpc) is 1.95. The van der Waals surface area contributed by atoms with E-state index in [1.807, 2.05) is 0 Å². The normalized spacial score (nSPS) is 34.5. The van der Waals surface area contributed by atoms with Crippen molar-refractivity contribution >= 4 is 21.7 Å². The first-order chi connectivity index (χ1) is 5.77. The van der Waals surface area contributed by atoms with Crippen LogP contribution in [0.3, 0.4) is 0 Å². The topological polar surface area (TPSA) is 101 Å². The van der Waals surface area contributed by atoms with Gasteiger partial charge in [-0.1, -0.05) is 11.6 Å². The average molecular weight is 226 g/mol. The summed E-state index contributed by atoms with van der Waals surface area (Å²) in [6, 6.07) is -1.28. The summed E-state index contributed by atoms with van der Waals surface area (Å²) >= 11 is 5.50. The second-order valence-corrected chi connectivity index (χ2v) is 4.68. The molecule has 0 fully saturated rings. The maximum atomic E-state index is 10.7. The van der Waals surface area contributed by atoms with Crippen LogP contribution in [0.4, 0.5) is 0 Å². The number of nitrogens with two attached hydrogens (primary N) is 1. The molecule has 0 bridgehead atoms. The predicted molar refractivity (Wildman–Crippen MR) is 47.5 cm³/mol. The molecule has 0 heterocycles. The van der Waals surface area contributed by atoms with Gasteiger partial charge in [0.05, 0.1) is 6.04 Å². The molecule has 1 rings (SSSR count). The molecule has 0 saturated carbocycles. The Morgan fingerprint density at radius 1 is 1.62 bits per heavy atom. The molecule has 0 aromatic rings. The highest BCUT2D eigenvalue weighted by Crippen LogP contribution is 2.26. The molecular weight excluding hydrogens is 218 g/mol. The van der Waals surface area contributed by atoms with Gasteiger partial charge in [0.2, 0.25) is 4.93 Å². The lowest BCUT2D eigenvalue weighted by atomic mass is 10.1. The fourth-order valence-electron chi connectivity index (χ4n) is 0.915. The van der Waals surface area contributed by atoms with Crippen molar-refractivity contribution in [2.24, 2.45) is 5.73 Å². The van der Waals surface area contributed by atoms with E-state index in [0.717, 1.165) is 18.2 Å². The molecule has 1 aliphatic carbocycles. The standard InChI is InChI=1S/C6H8ClNO4S/c7-4-1-2-6(9,5(8)3-4)13(10,11)12/h1-3,5,9H,8H2,(H,10,11,12). The fourth-order valence-corrected chi connectivity index (χ4v) is 1.77. The highest BCUT2D eigenvalue weighted by atomic mass is 35.5. The minimum atomic E-state index is -4.66. The summed E-state index contributed by atoms with van der Waals surface area (Å²) in [5.41, 5.74) is 5.29. The Balaban J connectivity index is 3.18. The summed E-state index contributed by atoms with van der Waals surface area (Å²) in [6.07, 6.45) is 3.13. The van der Waals surface area contributed by atoms with Gasteiger partial charge in [0.1, 0.15) is 0 Å². The molecule has 0 amide bonds. The van der Waals surface area contributed by atoms with Crippen LogP contribution in [0.5, 0.6) is 0 Å². The number of aliphatic hydroxyl groups is 1. The lowest BCUT2D eigenvalue weighted by Crippen LogP contribution is -2.52. The van der Waals surface area contributed by atoms with Gasteiger partial charge in [-0.25, -0.2) is 0 Å². The monoisotopic (exact) mass is 225 g/mol. The second-order valence-electron chi connectivity index (χ2n) is 2.64. The number of rotatable bonds is 1. The maximum Gasteiger partial charge on any atom is 0.300 e. The van der Waals surface area contributed by atoms with Crippen molar-refractivity contribution in [1.29, 1.82) is 0 Å². The van der Waals surface area contributed by atoms with Gasteiger partial charge in [0, 0.05) is 5.03 Å². The van der Waals surface area contributed by atoms with Crippen molar-refractivity contribution in [3.05, 3.63) is 23.3 Å². The van der Waals surface area contributed by atoms with Crippen LogP contribution in [0.2, 0.25) is 0 Å². The van der Waals surface area contributed by atoms with Crippen molar-refractivity contribution in [2.45, 2.75) is 11.0 Å². The number of allylic oxidation sites excluding steroid dienone is 2. The Morgan fingerprint density at radius 3 is 2.54 bits per heavy atom. The molecule has 7 heteroatoms. The summed E-state index contributed by atoms with van der Waals surface area (Å²) in [5, 5.41) is 9.65. The van der Waals surface area contributed by atoms with E-state index in [1.54, 1.807) is 0 Å². The first-order valence-corrected chi connectivity index (χ1v) is 5.11. The molecule has 0 aromatic carbocycles. The van der Waals surface area contributed by atoms with Gasteiger partial charge in [0.25, 0.3) is 0 Å². The minimum Gasteiger partial charge on any atom is -0.368 e. The molecule has 4 N–H and O–H groups in total. The summed E-state index contributed by atoms with van der Waals surface area (Å²) in [7, 11) is -4.66. The number of hydrogen-bond donors (Lipinski definition) is 3. The van der Waals surface area contributed by atoms with Crippen LogP contribution in [0.1, 0.15) is 0 Å². The quantitative estimate of drug-likeness (QED) is 0.527. The fraction of sp³-hybridized carbons (Fsp3) is 0.333. The van der Waals surface area contributed by atoms with Crippen LogP contribution >= 0.6 is 11.6 Å². The predicted octanol–water partition coefficient (Wildman–Crippen LogP) is -0.417. The lowest BCUT2D eigenvalue weighted by molar-refractivity contribution is 0.145. The molecule has 13 heavy (non-hydrogen) atoms. The highest BCUT2D eigenvalue weighted by Gasteiger charge is 2.44. The van der Waals surface area contributed by atoms with Crippen LogP contribution in [0, 0.1) is 0 Å². The van der Waals surface area contributed by atoms with E-state index in [1.165, 1.54) is 0 Å². The molecule has 2 unspecified atom stereocenters. The van der Waals surface area contributed by atoms with Gasteiger partial charge < -0.3 is 10.8 Å². The molecule has 2 atom stereocenters. The zero-order valence-corrected chi connectivity index (χ0v) is 7.96. The van der Waals surface area contributed by atoms with Crippen molar-refractivity contribution in [3.63, 3.8) is 0 Å². The number of halogens is 1. The van der Waals surface area contributed by atoms with Gasteiger partial charge in [-0.2, -0.15) is 8.42 Å². The Labute approximate surface area is 80.2 Å². The Morgan fingerprint density at radius 2 is 2.15 bits per heavy atom. The van der Waals surface area contributed by atoms with E-state index in [0.29, 0.717) is 0 Å². The van der Waals surface area contributed by atoms with E-state index >= 15 is 0 Å². The van der Waals surface area contributed by atoms with Crippen LogP contribution in [0.25, 0.3) is 0 Å². The third kappa shape index (κ3) is 1.77. The molecular formula is C6H8ClNO4S. The first-order valence-electron chi connectivity index (χ1n) is 3.29. The summed E-state index contributed by atoms with van der Waals surface area (Å²) < 4.78 is 30.1. The largest absolute Gasteiger partial charge is 0.368 e. The van der Waals surface area contributed by atoms with E-state index in [4.69, 9.17) is 21.9 Å². The maximum absolute atomic E-state index is 10.7. The Bertz CT molecular complexity index is 374. The highest BCUT2D eigenvalue weighted by molar-refractivity contribution is 7.87. The third-order valence-corrected chi connectivity index (χ3v) is 3.20. The van der Waals surface area contributed by atoms with E-state index < -0.39 is 21.1 Å². The van der Waals surface area contributed by atoms with Crippen LogP contribution in [-0.4, -0.2) is 29.1 Å².